The molecule has 128 valence electrons. The molecular weight excluding hydrogens is 300 g/mol. The van der Waals surface area contributed by atoms with E-state index < -0.39 is 0 Å². The Kier molecular flexibility index (Phi) is 4.65. The highest BCUT2D eigenvalue weighted by molar-refractivity contribution is 5.62. The number of hydrogen-bond acceptors (Lipinski definition) is 4. The Hall–Kier alpha value is -1.69. The number of rotatable bonds is 5. The molecule has 0 saturated carbocycles. The predicted molar refractivity (Wildman–Crippen MR) is 94.5 cm³/mol. The van der Waals surface area contributed by atoms with Gasteiger partial charge in [0.25, 0.3) is 0 Å². The number of fused-ring (bicyclic) bond motifs is 1. The molecule has 2 fully saturated rings. The van der Waals surface area contributed by atoms with Crippen molar-refractivity contribution in [2.45, 2.75) is 37.9 Å². The summed E-state index contributed by atoms with van der Waals surface area (Å²) >= 11 is 0. The zero-order valence-electron chi connectivity index (χ0n) is 14.1. The molecule has 2 N–H and O–H groups in total. The SMILES string of the molecule is OCC[C@H]1CN2CCCC2CN1Cc1cn[nH]c1-c1ccccc1. The lowest BCUT2D eigenvalue weighted by molar-refractivity contribution is 0.0334. The van der Waals surface area contributed by atoms with Gasteiger partial charge in [0.2, 0.25) is 0 Å². The molecule has 0 radical (unpaired) electrons. The molecule has 4 rings (SSSR count). The molecular formula is C19H26N4O. The number of piperazine rings is 1. The molecule has 2 aliphatic heterocycles. The Balaban J connectivity index is 1.54. The fraction of sp³-hybridized carbons (Fsp3) is 0.526. The first kappa shape index (κ1) is 15.8. The summed E-state index contributed by atoms with van der Waals surface area (Å²) in [6.07, 6.45) is 5.42. The molecule has 0 aliphatic carbocycles. The molecule has 5 heteroatoms. The van der Waals surface area contributed by atoms with Crippen molar-refractivity contribution in [2.75, 3.05) is 26.2 Å². The monoisotopic (exact) mass is 326 g/mol. The number of nitrogens with one attached hydrogen (secondary N) is 1. The highest BCUT2D eigenvalue weighted by Crippen LogP contribution is 2.29. The molecule has 1 aromatic heterocycles. The second kappa shape index (κ2) is 7.05. The number of aromatic nitrogens is 2. The fourth-order valence-electron chi connectivity index (χ4n) is 4.27. The van der Waals surface area contributed by atoms with Crippen LogP contribution in [-0.2, 0) is 6.54 Å². The first-order chi connectivity index (χ1) is 11.8. The zero-order valence-corrected chi connectivity index (χ0v) is 14.1. The van der Waals surface area contributed by atoms with Crippen LogP contribution in [0.4, 0.5) is 0 Å². The van der Waals surface area contributed by atoms with Gasteiger partial charge in [-0.05, 0) is 31.4 Å². The van der Waals surface area contributed by atoms with Gasteiger partial charge < -0.3 is 5.11 Å². The summed E-state index contributed by atoms with van der Waals surface area (Å²) in [5.74, 6) is 0. The molecule has 0 amide bonds. The van der Waals surface area contributed by atoms with E-state index in [4.69, 9.17) is 0 Å². The maximum absolute atomic E-state index is 9.47. The Morgan fingerprint density at radius 1 is 1.21 bits per heavy atom. The smallest absolute Gasteiger partial charge is 0.0695 e. The van der Waals surface area contributed by atoms with Crippen LogP contribution >= 0.6 is 0 Å². The minimum atomic E-state index is 0.261. The highest BCUT2D eigenvalue weighted by atomic mass is 16.3. The molecule has 0 bridgehead atoms. The van der Waals surface area contributed by atoms with E-state index >= 15 is 0 Å². The van der Waals surface area contributed by atoms with Crippen LogP contribution in [0.2, 0.25) is 0 Å². The summed E-state index contributed by atoms with van der Waals surface area (Å²) < 4.78 is 0. The van der Waals surface area contributed by atoms with Crippen molar-refractivity contribution >= 4 is 0 Å². The molecule has 24 heavy (non-hydrogen) atoms. The van der Waals surface area contributed by atoms with Crippen LogP contribution in [0.3, 0.4) is 0 Å². The lowest BCUT2D eigenvalue weighted by Gasteiger charge is -2.43. The van der Waals surface area contributed by atoms with E-state index in [0.29, 0.717) is 12.1 Å². The Morgan fingerprint density at radius 2 is 2.08 bits per heavy atom. The second-order valence-corrected chi connectivity index (χ2v) is 7.02. The van der Waals surface area contributed by atoms with E-state index in [0.717, 1.165) is 31.7 Å². The lowest BCUT2D eigenvalue weighted by Crippen LogP contribution is -2.55. The predicted octanol–water partition coefficient (Wildman–Crippen LogP) is 2.11. The van der Waals surface area contributed by atoms with Gasteiger partial charge in [-0.15, -0.1) is 0 Å². The minimum absolute atomic E-state index is 0.261. The van der Waals surface area contributed by atoms with E-state index in [2.05, 4.69) is 44.3 Å². The third-order valence-electron chi connectivity index (χ3n) is 5.52. The third-order valence-corrected chi connectivity index (χ3v) is 5.52. The van der Waals surface area contributed by atoms with Crippen molar-refractivity contribution in [3.05, 3.63) is 42.1 Å². The summed E-state index contributed by atoms with van der Waals surface area (Å²) in [5, 5.41) is 16.9. The third kappa shape index (κ3) is 3.11. The molecule has 2 aromatic rings. The highest BCUT2D eigenvalue weighted by Gasteiger charge is 2.36. The largest absolute Gasteiger partial charge is 0.396 e. The van der Waals surface area contributed by atoms with E-state index in [-0.39, 0.29) is 6.61 Å². The summed E-state index contributed by atoms with van der Waals surface area (Å²) in [5.41, 5.74) is 3.55. The topological polar surface area (TPSA) is 55.4 Å². The van der Waals surface area contributed by atoms with E-state index in [1.54, 1.807) is 0 Å². The van der Waals surface area contributed by atoms with E-state index in [1.165, 1.54) is 30.5 Å². The van der Waals surface area contributed by atoms with Gasteiger partial charge in [0.05, 0.1) is 11.9 Å². The van der Waals surface area contributed by atoms with Crippen LogP contribution in [0.25, 0.3) is 11.3 Å². The number of aliphatic hydroxyl groups is 1. The molecule has 2 atom stereocenters. The van der Waals surface area contributed by atoms with Crippen molar-refractivity contribution in [3.63, 3.8) is 0 Å². The minimum Gasteiger partial charge on any atom is -0.396 e. The van der Waals surface area contributed by atoms with Gasteiger partial charge in [-0.3, -0.25) is 14.9 Å². The van der Waals surface area contributed by atoms with Crippen LogP contribution in [0.15, 0.2) is 36.5 Å². The maximum Gasteiger partial charge on any atom is 0.0695 e. The molecule has 1 unspecified atom stereocenters. The van der Waals surface area contributed by atoms with Crippen LogP contribution in [0, 0.1) is 0 Å². The van der Waals surface area contributed by atoms with Gasteiger partial charge >= 0.3 is 0 Å². The molecule has 2 aliphatic rings. The first-order valence-corrected chi connectivity index (χ1v) is 9.02. The van der Waals surface area contributed by atoms with Crippen molar-refractivity contribution in [1.29, 1.82) is 0 Å². The summed E-state index contributed by atoms with van der Waals surface area (Å²) in [6, 6.07) is 11.5. The summed E-state index contributed by atoms with van der Waals surface area (Å²) in [6.45, 7) is 4.57. The van der Waals surface area contributed by atoms with Gasteiger partial charge in [-0.25, -0.2) is 0 Å². The fourth-order valence-corrected chi connectivity index (χ4v) is 4.27. The number of nitrogens with zero attached hydrogens (tertiary/aromatic N) is 3. The van der Waals surface area contributed by atoms with Crippen molar-refractivity contribution in [1.82, 2.24) is 20.0 Å². The Labute approximate surface area is 143 Å². The average Bonchev–Trinajstić information content (AvgIpc) is 3.25. The number of hydrogen-bond donors (Lipinski definition) is 2. The van der Waals surface area contributed by atoms with Gasteiger partial charge in [-0.1, -0.05) is 30.3 Å². The quantitative estimate of drug-likeness (QED) is 0.884. The molecule has 0 spiro atoms. The normalized spacial score (nSPS) is 25.0. The van der Waals surface area contributed by atoms with E-state index in [1.807, 2.05) is 12.3 Å². The van der Waals surface area contributed by atoms with Gasteiger partial charge in [0.15, 0.2) is 0 Å². The standard InChI is InChI=1S/C19H26N4O/c24-10-8-18-13-22-9-4-7-17(22)14-23(18)12-16-11-20-21-19(16)15-5-2-1-3-6-15/h1-3,5-6,11,17-18,24H,4,7-10,12-14H2,(H,20,21)/t17?,18-/m0/s1. The number of H-pyrrole nitrogens is 1. The van der Waals surface area contributed by atoms with Gasteiger partial charge in [-0.2, -0.15) is 5.10 Å². The van der Waals surface area contributed by atoms with Gasteiger partial charge in [0, 0.05) is 43.9 Å². The van der Waals surface area contributed by atoms with Crippen LogP contribution in [-0.4, -0.2) is 63.4 Å². The summed E-state index contributed by atoms with van der Waals surface area (Å²) in [7, 11) is 0. The number of aliphatic hydroxyl groups excluding tert-OH is 1. The first-order valence-electron chi connectivity index (χ1n) is 9.02. The van der Waals surface area contributed by atoms with Crippen LogP contribution in [0.1, 0.15) is 24.8 Å². The number of benzene rings is 1. The molecule has 3 heterocycles. The Bertz CT molecular complexity index is 656. The number of aromatic amines is 1. The van der Waals surface area contributed by atoms with Crippen molar-refractivity contribution in [3.8, 4) is 11.3 Å². The molecule has 2 saturated heterocycles. The molecule has 1 aromatic carbocycles. The lowest BCUT2D eigenvalue weighted by atomic mass is 10.0. The van der Waals surface area contributed by atoms with Gasteiger partial charge in [0.1, 0.15) is 0 Å². The van der Waals surface area contributed by atoms with E-state index in [9.17, 15) is 5.11 Å². The Morgan fingerprint density at radius 3 is 2.92 bits per heavy atom. The maximum atomic E-state index is 9.47. The average molecular weight is 326 g/mol. The molecule has 5 nitrogen and oxygen atoms in total. The van der Waals surface area contributed by atoms with Crippen molar-refractivity contribution < 1.29 is 5.11 Å². The zero-order chi connectivity index (χ0) is 16.4. The second-order valence-electron chi connectivity index (χ2n) is 7.02. The van der Waals surface area contributed by atoms with Crippen molar-refractivity contribution in [2.24, 2.45) is 0 Å². The van der Waals surface area contributed by atoms with Crippen LogP contribution in [0.5, 0.6) is 0 Å². The van der Waals surface area contributed by atoms with Crippen LogP contribution < -0.4 is 0 Å². The summed E-state index contributed by atoms with van der Waals surface area (Å²) in [4.78, 5) is 5.17.